The number of fused-ring (bicyclic) bond motifs is 1. The van der Waals surface area contributed by atoms with Crippen molar-refractivity contribution in [3.8, 4) is 0 Å². The SMILES string of the molecule is Cc1c(C(=O)N2C[C@@H](N)[C@H](c3ccccc3)C2)sc2ccc(F)cc12.Cl. The van der Waals surface area contributed by atoms with E-state index in [1.807, 2.05) is 30.0 Å². The average Bonchev–Trinajstić information content (AvgIpc) is 3.16. The summed E-state index contributed by atoms with van der Waals surface area (Å²) in [7, 11) is 0. The number of benzene rings is 2. The van der Waals surface area contributed by atoms with Gasteiger partial charge in [-0.15, -0.1) is 23.7 Å². The van der Waals surface area contributed by atoms with Gasteiger partial charge in [-0.25, -0.2) is 4.39 Å². The third kappa shape index (κ3) is 3.22. The summed E-state index contributed by atoms with van der Waals surface area (Å²) < 4.78 is 14.4. The lowest BCUT2D eigenvalue weighted by Gasteiger charge is -2.16. The van der Waals surface area contributed by atoms with Crippen molar-refractivity contribution in [2.24, 2.45) is 5.73 Å². The minimum Gasteiger partial charge on any atom is -0.336 e. The first-order valence-electron chi connectivity index (χ1n) is 8.33. The number of aryl methyl sites for hydroxylation is 1. The van der Waals surface area contributed by atoms with Crippen LogP contribution >= 0.6 is 23.7 Å². The molecule has 1 fully saturated rings. The standard InChI is InChI=1S/C20H19FN2OS.ClH/c1-12-15-9-14(21)7-8-18(15)25-19(12)20(24)23-10-16(17(22)11-23)13-5-3-2-4-6-13;/h2-9,16-17H,10-11,22H2,1H3;1H/t16-,17+;/m0./s1. The van der Waals surface area contributed by atoms with Crippen LogP contribution in [0.15, 0.2) is 48.5 Å². The van der Waals surface area contributed by atoms with E-state index in [2.05, 4.69) is 12.1 Å². The quantitative estimate of drug-likeness (QED) is 0.707. The number of thiophene rings is 1. The number of amides is 1. The highest BCUT2D eigenvalue weighted by Crippen LogP contribution is 2.34. The number of halogens is 2. The Balaban J connectivity index is 0.00000196. The molecule has 2 N–H and O–H groups in total. The van der Waals surface area contributed by atoms with Crippen molar-refractivity contribution in [1.29, 1.82) is 0 Å². The molecule has 0 aliphatic carbocycles. The fraction of sp³-hybridized carbons (Fsp3) is 0.250. The largest absolute Gasteiger partial charge is 0.336 e. The van der Waals surface area contributed by atoms with Gasteiger partial charge in [0.05, 0.1) is 4.88 Å². The second-order valence-electron chi connectivity index (χ2n) is 6.59. The molecular weight excluding hydrogens is 371 g/mol. The lowest BCUT2D eigenvalue weighted by molar-refractivity contribution is 0.0793. The van der Waals surface area contributed by atoms with Crippen molar-refractivity contribution in [3.05, 3.63) is 70.4 Å². The van der Waals surface area contributed by atoms with Gasteiger partial charge < -0.3 is 10.6 Å². The van der Waals surface area contributed by atoms with Gasteiger partial charge in [-0.2, -0.15) is 0 Å². The van der Waals surface area contributed by atoms with E-state index in [1.54, 1.807) is 6.07 Å². The molecule has 3 aromatic rings. The van der Waals surface area contributed by atoms with E-state index in [9.17, 15) is 9.18 Å². The number of likely N-dealkylation sites (tertiary alicyclic amines) is 1. The molecule has 2 heterocycles. The van der Waals surface area contributed by atoms with Crippen molar-refractivity contribution in [2.75, 3.05) is 13.1 Å². The third-order valence-corrected chi connectivity index (χ3v) is 6.23. The first-order valence-corrected chi connectivity index (χ1v) is 9.14. The van der Waals surface area contributed by atoms with Gasteiger partial charge in [0, 0.05) is 29.7 Å². The summed E-state index contributed by atoms with van der Waals surface area (Å²) in [5, 5.41) is 0.816. The number of nitrogens with zero attached hydrogens (tertiary/aromatic N) is 1. The van der Waals surface area contributed by atoms with Crippen LogP contribution in [0.1, 0.15) is 26.7 Å². The predicted octanol–water partition coefficient (Wildman–Crippen LogP) is 4.34. The molecular formula is C20H20ClFN2OS. The molecule has 26 heavy (non-hydrogen) atoms. The topological polar surface area (TPSA) is 46.3 Å². The van der Waals surface area contributed by atoms with Gasteiger partial charge in [0.2, 0.25) is 0 Å². The van der Waals surface area contributed by atoms with Gasteiger partial charge in [0.1, 0.15) is 5.82 Å². The molecule has 4 rings (SSSR count). The van der Waals surface area contributed by atoms with Gasteiger partial charge in [-0.05, 0) is 41.6 Å². The third-order valence-electron chi connectivity index (χ3n) is 4.97. The van der Waals surface area contributed by atoms with Crippen molar-refractivity contribution >= 4 is 39.7 Å². The van der Waals surface area contributed by atoms with Crippen LogP contribution in [0.2, 0.25) is 0 Å². The Kier molecular flexibility index (Phi) is 5.32. The molecule has 3 nitrogen and oxygen atoms in total. The van der Waals surface area contributed by atoms with Crippen LogP contribution in [0.5, 0.6) is 0 Å². The smallest absolute Gasteiger partial charge is 0.264 e. The number of hydrogen-bond acceptors (Lipinski definition) is 3. The van der Waals surface area contributed by atoms with E-state index in [-0.39, 0.29) is 36.1 Å². The molecule has 1 saturated heterocycles. The van der Waals surface area contributed by atoms with Crippen LogP contribution in [-0.2, 0) is 0 Å². The highest BCUT2D eigenvalue weighted by atomic mass is 35.5. The zero-order valence-corrected chi connectivity index (χ0v) is 15.9. The van der Waals surface area contributed by atoms with Crippen molar-refractivity contribution in [3.63, 3.8) is 0 Å². The average molecular weight is 391 g/mol. The Morgan fingerprint density at radius 1 is 1.19 bits per heavy atom. The zero-order valence-electron chi connectivity index (χ0n) is 14.3. The van der Waals surface area contributed by atoms with Crippen LogP contribution in [0.3, 0.4) is 0 Å². The lowest BCUT2D eigenvalue weighted by Crippen LogP contribution is -2.32. The molecule has 6 heteroatoms. The Morgan fingerprint density at radius 3 is 2.65 bits per heavy atom. The Morgan fingerprint density at radius 2 is 1.92 bits per heavy atom. The van der Waals surface area contributed by atoms with Crippen LogP contribution in [0, 0.1) is 12.7 Å². The monoisotopic (exact) mass is 390 g/mol. The number of hydrogen-bond donors (Lipinski definition) is 1. The second kappa shape index (κ2) is 7.35. The number of rotatable bonds is 2. The summed E-state index contributed by atoms with van der Waals surface area (Å²) in [6.07, 6.45) is 0. The Bertz CT molecular complexity index is 944. The van der Waals surface area contributed by atoms with Gasteiger partial charge in [-0.3, -0.25) is 4.79 Å². The fourth-order valence-electron chi connectivity index (χ4n) is 3.59. The van der Waals surface area contributed by atoms with Gasteiger partial charge >= 0.3 is 0 Å². The normalized spacial score (nSPS) is 19.6. The van der Waals surface area contributed by atoms with E-state index >= 15 is 0 Å². The number of nitrogens with two attached hydrogens (primary N) is 1. The summed E-state index contributed by atoms with van der Waals surface area (Å²) in [4.78, 5) is 15.5. The predicted molar refractivity (Wildman–Crippen MR) is 107 cm³/mol. The van der Waals surface area contributed by atoms with Gasteiger partial charge in [-0.1, -0.05) is 30.3 Å². The van der Waals surface area contributed by atoms with E-state index in [0.717, 1.165) is 15.6 Å². The molecule has 2 atom stereocenters. The maximum absolute atomic E-state index is 13.5. The maximum Gasteiger partial charge on any atom is 0.264 e. The summed E-state index contributed by atoms with van der Waals surface area (Å²) in [5.74, 6) is -0.134. The summed E-state index contributed by atoms with van der Waals surface area (Å²) in [5.41, 5.74) is 8.33. The van der Waals surface area contributed by atoms with E-state index in [0.29, 0.717) is 18.0 Å². The first kappa shape index (κ1) is 18.8. The summed E-state index contributed by atoms with van der Waals surface area (Å²) in [6, 6.07) is 14.7. The second-order valence-corrected chi connectivity index (χ2v) is 7.64. The van der Waals surface area contributed by atoms with E-state index in [4.69, 9.17) is 5.73 Å². The molecule has 1 amide bonds. The minimum absolute atomic E-state index is 0. The lowest BCUT2D eigenvalue weighted by atomic mass is 9.95. The number of carbonyl (C=O) groups is 1. The summed E-state index contributed by atoms with van der Waals surface area (Å²) in [6.45, 7) is 3.04. The van der Waals surface area contributed by atoms with Crippen LogP contribution in [0.4, 0.5) is 4.39 Å². The zero-order chi connectivity index (χ0) is 17.6. The highest BCUT2D eigenvalue weighted by Gasteiger charge is 2.35. The molecule has 1 aliphatic rings. The molecule has 1 aliphatic heterocycles. The minimum atomic E-state index is -0.278. The van der Waals surface area contributed by atoms with E-state index in [1.165, 1.54) is 29.0 Å². The molecule has 0 radical (unpaired) electrons. The summed E-state index contributed by atoms with van der Waals surface area (Å²) >= 11 is 1.43. The fourth-order valence-corrected chi connectivity index (χ4v) is 4.75. The van der Waals surface area contributed by atoms with Gasteiger partial charge in [0.15, 0.2) is 0 Å². The highest BCUT2D eigenvalue weighted by molar-refractivity contribution is 7.21. The van der Waals surface area contributed by atoms with Crippen LogP contribution in [-0.4, -0.2) is 29.9 Å². The Hall–Kier alpha value is -1.95. The Labute approximate surface area is 162 Å². The van der Waals surface area contributed by atoms with Gasteiger partial charge in [0.25, 0.3) is 5.91 Å². The molecule has 1 aromatic heterocycles. The van der Waals surface area contributed by atoms with Crippen LogP contribution < -0.4 is 5.73 Å². The number of carbonyl (C=O) groups excluding carboxylic acids is 1. The van der Waals surface area contributed by atoms with Crippen molar-refractivity contribution in [2.45, 2.75) is 18.9 Å². The van der Waals surface area contributed by atoms with E-state index < -0.39 is 0 Å². The van der Waals surface area contributed by atoms with Crippen molar-refractivity contribution < 1.29 is 9.18 Å². The first-order chi connectivity index (χ1) is 12.0. The van der Waals surface area contributed by atoms with Crippen molar-refractivity contribution in [1.82, 2.24) is 4.90 Å². The molecule has 2 aromatic carbocycles. The molecule has 0 saturated carbocycles. The molecule has 0 bridgehead atoms. The maximum atomic E-state index is 13.5. The molecule has 136 valence electrons. The molecule has 0 spiro atoms. The van der Waals surface area contributed by atoms with Crippen LogP contribution in [0.25, 0.3) is 10.1 Å². The molecule has 0 unspecified atom stereocenters.